The normalized spacial score (nSPS) is 16.9. The van der Waals surface area contributed by atoms with E-state index in [1.807, 2.05) is 0 Å². The molecule has 0 aliphatic carbocycles. The van der Waals surface area contributed by atoms with Crippen LogP contribution >= 0.6 is 11.6 Å². The first-order valence-corrected chi connectivity index (χ1v) is 12.7. The first-order valence-electron chi connectivity index (χ1n) is 12.3. The van der Waals surface area contributed by atoms with Crippen molar-refractivity contribution in [3.63, 3.8) is 0 Å². The van der Waals surface area contributed by atoms with Gasteiger partial charge in [0, 0.05) is 17.3 Å². The van der Waals surface area contributed by atoms with Gasteiger partial charge in [0.05, 0.1) is 18.2 Å². The smallest absolute Gasteiger partial charge is 0.410 e. The van der Waals surface area contributed by atoms with Crippen LogP contribution in [0.5, 0.6) is 0 Å². The van der Waals surface area contributed by atoms with Crippen molar-refractivity contribution >= 4 is 35.4 Å². The number of esters is 1. The minimum Gasteiger partial charge on any atom is -0.455 e. The second-order valence-electron chi connectivity index (χ2n) is 10.1. The maximum absolute atomic E-state index is 13.2. The van der Waals surface area contributed by atoms with E-state index < -0.39 is 35.8 Å². The van der Waals surface area contributed by atoms with Crippen LogP contribution in [0.3, 0.4) is 0 Å². The Morgan fingerprint density at radius 2 is 1.59 bits per heavy atom. The Morgan fingerprint density at radius 3 is 2.21 bits per heavy atom. The molecule has 4 rings (SSSR count). The van der Waals surface area contributed by atoms with Crippen LogP contribution < -0.4 is 10.6 Å². The molecule has 3 aromatic rings. The second kappa shape index (κ2) is 11.7. The summed E-state index contributed by atoms with van der Waals surface area (Å²) in [4.78, 5) is 39.8. The summed E-state index contributed by atoms with van der Waals surface area (Å²) in [7, 11) is 0. The molecular formula is C29H29ClFN3O5. The van der Waals surface area contributed by atoms with Gasteiger partial charge in [-0.3, -0.25) is 0 Å². The van der Waals surface area contributed by atoms with Crippen LogP contribution in [-0.2, 0) is 9.47 Å². The Balaban J connectivity index is 1.46. The highest BCUT2D eigenvalue weighted by atomic mass is 35.5. The summed E-state index contributed by atoms with van der Waals surface area (Å²) < 4.78 is 24.4. The van der Waals surface area contributed by atoms with E-state index >= 15 is 0 Å². The third-order valence-electron chi connectivity index (χ3n) is 5.87. The van der Waals surface area contributed by atoms with Crippen molar-refractivity contribution in [2.24, 2.45) is 0 Å². The molecule has 0 saturated carbocycles. The summed E-state index contributed by atoms with van der Waals surface area (Å²) in [6, 6.07) is 18.1. The van der Waals surface area contributed by atoms with Gasteiger partial charge in [-0.1, -0.05) is 41.9 Å². The summed E-state index contributed by atoms with van der Waals surface area (Å²) in [5.74, 6) is -0.945. The fraction of sp³-hybridized carbons (Fsp3) is 0.276. The highest BCUT2D eigenvalue weighted by Crippen LogP contribution is 2.23. The van der Waals surface area contributed by atoms with E-state index in [0.29, 0.717) is 16.3 Å². The van der Waals surface area contributed by atoms with Crippen LogP contribution in [-0.4, -0.2) is 53.8 Å². The molecule has 1 aliphatic rings. The van der Waals surface area contributed by atoms with Gasteiger partial charge in [0.15, 0.2) is 0 Å². The van der Waals surface area contributed by atoms with Crippen molar-refractivity contribution < 1.29 is 28.2 Å². The Hall–Kier alpha value is -4.11. The summed E-state index contributed by atoms with van der Waals surface area (Å²) in [6.07, 6.45) is -1.40. The van der Waals surface area contributed by atoms with Gasteiger partial charge in [-0.15, -0.1) is 0 Å². The van der Waals surface area contributed by atoms with Crippen LogP contribution in [0, 0.1) is 5.82 Å². The molecule has 204 valence electrons. The monoisotopic (exact) mass is 553 g/mol. The zero-order chi connectivity index (χ0) is 28.2. The van der Waals surface area contributed by atoms with Gasteiger partial charge in [0.2, 0.25) is 0 Å². The molecule has 2 N–H and O–H groups in total. The third-order valence-corrected chi connectivity index (χ3v) is 6.11. The number of benzene rings is 3. The lowest BCUT2D eigenvalue weighted by molar-refractivity contribution is 0.0180. The summed E-state index contributed by atoms with van der Waals surface area (Å²) in [5, 5.41) is 5.94. The van der Waals surface area contributed by atoms with E-state index in [1.54, 1.807) is 81.4 Å². The van der Waals surface area contributed by atoms with Crippen LogP contribution in [0.1, 0.15) is 31.1 Å². The molecule has 0 spiro atoms. The molecule has 39 heavy (non-hydrogen) atoms. The Labute approximate surface area is 231 Å². The molecule has 1 heterocycles. The van der Waals surface area contributed by atoms with Gasteiger partial charge in [0.1, 0.15) is 17.5 Å². The quantitative estimate of drug-likeness (QED) is 0.371. The Bertz CT molecular complexity index is 1340. The van der Waals surface area contributed by atoms with Gasteiger partial charge < -0.3 is 25.0 Å². The number of hydrogen-bond donors (Lipinski definition) is 2. The lowest BCUT2D eigenvalue weighted by atomic mass is 10.0. The van der Waals surface area contributed by atoms with E-state index in [2.05, 4.69) is 10.6 Å². The van der Waals surface area contributed by atoms with Crippen molar-refractivity contribution in [3.05, 3.63) is 89.2 Å². The van der Waals surface area contributed by atoms with E-state index in [0.717, 1.165) is 11.1 Å². The molecule has 0 unspecified atom stereocenters. The standard InChI is InChI=1S/C29H29ClFN3O5/c1-29(2,3)39-28(37)34-16-24(33-27(36)32-23-6-4-5-21(30)15-23)25(17-34)38-26(35)20-9-7-18(8-10-20)19-11-13-22(31)14-12-19/h4-15,24-25H,16-17H2,1-3H3,(H2,32,33,36)/t24-,25-/m0/s1. The predicted molar refractivity (Wildman–Crippen MR) is 146 cm³/mol. The number of nitrogens with one attached hydrogen (secondary N) is 2. The number of nitrogens with zero attached hydrogens (tertiary/aromatic N) is 1. The van der Waals surface area contributed by atoms with Crippen LogP contribution in [0.2, 0.25) is 5.02 Å². The maximum Gasteiger partial charge on any atom is 0.410 e. The van der Waals surface area contributed by atoms with Crippen LogP contribution in [0.25, 0.3) is 11.1 Å². The number of urea groups is 1. The molecule has 10 heteroatoms. The molecule has 0 bridgehead atoms. The predicted octanol–water partition coefficient (Wildman–Crippen LogP) is 6.11. The van der Waals surface area contributed by atoms with Crippen molar-refractivity contribution in [3.8, 4) is 11.1 Å². The first kappa shape index (κ1) is 27.9. The molecule has 1 saturated heterocycles. The van der Waals surface area contributed by atoms with E-state index in [9.17, 15) is 18.8 Å². The maximum atomic E-state index is 13.2. The minimum atomic E-state index is -0.827. The zero-order valence-corrected chi connectivity index (χ0v) is 22.5. The van der Waals surface area contributed by atoms with Crippen molar-refractivity contribution in [1.82, 2.24) is 10.2 Å². The van der Waals surface area contributed by atoms with Gasteiger partial charge in [0.25, 0.3) is 0 Å². The summed E-state index contributed by atoms with van der Waals surface area (Å²) in [5.41, 5.74) is 1.66. The van der Waals surface area contributed by atoms with Crippen molar-refractivity contribution in [1.29, 1.82) is 0 Å². The lowest BCUT2D eigenvalue weighted by Gasteiger charge is -2.24. The molecule has 8 nitrogen and oxygen atoms in total. The van der Waals surface area contributed by atoms with E-state index in [1.165, 1.54) is 17.0 Å². The summed E-state index contributed by atoms with van der Waals surface area (Å²) in [6.45, 7) is 5.38. The number of ether oxygens (including phenoxy) is 2. The number of amides is 3. The largest absolute Gasteiger partial charge is 0.455 e. The fourth-order valence-corrected chi connectivity index (χ4v) is 4.25. The number of likely N-dealkylation sites (tertiary alicyclic amines) is 1. The molecule has 0 aromatic heterocycles. The van der Waals surface area contributed by atoms with Crippen molar-refractivity contribution in [2.75, 3.05) is 18.4 Å². The number of carbonyl (C=O) groups excluding carboxylic acids is 3. The minimum absolute atomic E-state index is 0.0381. The molecule has 2 atom stereocenters. The Kier molecular flexibility index (Phi) is 8.40. The molecular weight excluding hydrogens is 525 g/mol. The number of rotatable bonds is 5. The van der Waals surface area contributed by atoms with E-state index in [4.69, 9.17) is 21.1 Å². The van der Waals surface area contributed by atoms with E-state index in [-0.39, 0.29) is 18.9 Å². The third kappa shape index (κ3) is 7.70. The topological polar surface area (TPSA) is 97.0 Å². The number of halogens is 2. The van der Waals surface area contributed by atoms with Crippen LogP contribution in [0.4, 0.5) is 19.7 Å². The fourth-order valence-electron chi connectivity index (χ4n) is 4.06. The van der Waals surface area contributed by atoms with Gasteiger partial charge in [-0.2, -0.15) is 0 Å². The number of hydrogen-bond acceptors (Lipinski definition) is 5. The average molecular weight is 554 g/mol. The molecule has 0 radical (unpaired) electrons. The van der Waals surface area contributed by atoms with Gasteiger partial charge >= 0.3 is 18.1 Å². The SMILES string of the molecule is CC(C)(C)OC(=O)N1C[C@H](NC(=O)Nc2cccc(Cl)c2)[C@@H](OC(=O)c2ccc(-c3ccc(F)cc3)cc2)C1. The molecule has 1 aliphatic heterocycles. The Morgan fingerprint density at radius 1 is 0.949 bits per heavy atom. The number of anilines is 1. The number of carbonyl (C=O) groups is 3. The molecule has 3 amide bonds. The lowest BCUT2D eigenvalue weighted by Crippen LogP contribution is -2.46. The van der Waals surface area contributed by atoms with Gasteiger partial charge in [-0.05, 0) is 74.4 Å². The van der Waals surface area contributed by atoms with Crippen molar-refractivity contribution in [2.45, 2.75) is 38.5 Å². The highest BCUT2D eigenvalue weighted by molar-refractivity contribution is 6.30. The average Bonchev–Trinajstić information content (AvgIpc) is 3.25. The van der Waals surface area contributed by atoms with Gasteiger partial charge in [-0.25, -0.2) is 18.8 Å². The summed E-state index contributed by atoms with van der Waals surface area (Å²) >= 11 is 5.99. The van der Waals surface area contributed by atoms with Crippen LogP contribution in [0.15, 0.2) is 72.8 Å². The molecule has 1 fully saturated rings. The first-order chi connectivity index (χ1) is 18.5. The zero-order valence-electron chi connectivity index (χ0n) is 21.7. The highest BCUT2D eigenvalue weighted by Gasteiger charge is 2.40. The molecule has 3 aromatic carbocycles. The second-order valence-corrected chi connectivity index (χ2v) is 10.6.